The summed E-state index contributed by atoms with van der Waals surface area (Å²) in [5.74, 6) is 0.143. The fourth-order valence-electron chi connectivity index (χ4n) is 2.92. The van der Waals surface area contributed by atoms with Crippen LogP contribution in [-0.2, 0) is 9.53 Å². The van der Waals surface area contributed by atoms with Crippen LogP contribution < -0.4 is 0 Å². The van der Waals surface area contributed by atoms with Gasteiger partial charge in [0.2, 0.25) is 0 Å². The molecule has 23 heavy (non-hydrogen) atoms. The molecule has 0 aromatic carbocycles. The van der Waals surface area contributed by atoms with Crippen LogP contribution in [0.1, 0.15) is 78.1 Å². The first-order valence-electron chi connectivity index (χ1n) is 9.06. The average Bonchev–Trinajstić information content (AvgIpc) is 2.47. The maximum absolute atomic E-state index is 11.3. The number of carbonyl (C=O) groups excluding carboxylic acids is 1. The zero-order valence-electron chi connectivity index (χ0n) is 15.1. The lowest BCUT2D eigenvalue weighted by Crippen LogP contribution is -2.21. The molecule has 0 bridgehead atoms. The number of ether oxygens (including phenoxy) is 1. The lowest BCUT2D eigenvalue weighted by molar-refractivity contribution is -0.147. The summed E-state index contributed by atoms with van der Waals surface area (Å²) in [7, 11) is 0. The summed E-state index contributed by atoms with van der Waals surface area (Å²) in [5, 5.41) is 10.1. The Balaban J connectivity index is 4.08. The first kappa shape index (κ1) is 21.9. The van der Waals surface area contributed by atoms with E-state index in [9.17, 15) is 9.90 Å². The van der Waals surface area contributed by atoms with Gasteiger partial charge < -0.3 is 9.84 Å². The van der Waals surface area contributed by atoms with Crippen LogP contribution in [0.2, 0.25) is 0 Å². The highest BCUT2D eigenvalue weighted by molar-refractivity contribution is 5.66. The van der Waals surface area contributed by atoms with Gasteiger partial charge >= 0.3 is 5.97 Å². The minimum Gasteiger partial charge on any atom is -0.463 e. The van der Waals surface area contributed by atoms with Crippen molar-refractivity contribution in [3.63, 3.8) is 0 Å². The summed E-state index contributed by atoms with van der Waals surface area (Å²) in [6, 6.07) is 0. The Hall–Kier alpha value is -1.09. The molecule has 0 aliphatic carbocycles. The topological polar surface area (TPSA) is 46.5 Å². The van der Waals surface area contributed by atoms with E-state index < -0.39 is 0 Å². The Morgan fingerprint density at radius 3 is 2.13 bits per heavy atom. The number of aliphatic hydroxyl groups is 1. The number of unbranched alkanes of at least 4 members (excludes halogenated alkanes) is 4. The van der Waals surface area contributed by atoms with Gasteiger partial charge in [0.15, 0.2) is 0 Å². The number of hydrogen-bond acceptors (Lipinski definition) is 3. The van der Waals surface area contributed by atoms with Gasteiger partial charge in [0, 0.05) is 6.92 Å². The molecule has 0 rings (SSSR count). The summed E-state index contributed by atoms with van der Waals surface area (Å²) >= 11 is 0. The second-order valence-electron chi connectivity index (χ2n) is 6.61. The molecule has 1 N–H and O–H groups in total. The Kier molecular flexibility index (Phi) is 13.8. The highest BCUT2D eigenvalue weighted by Gasteiger charge is 2.18. The van der Waals surface area contributed by atoms with Gasteiger partial charge in [-0.25, -0.2) is 0 Å². The Morgan fingerprint density at radius 2 is 1.61 bits per heavy atom. The SMILES string of the molecule is C=CCCCCC(O)CC(C)CC(CCCCC=C)OC(C)=O. The van der Waals surface area contributed by atoms with Gasteiger partial charge in [-0.1, -0.05) is 25.5 Å². The summed E-state index contributed by atoms with van der Waals surface area (Å²) in [6.45, 7) is 11.0. The minimum atomic E-state index is -0.256. The van der Waals surface area contributed by atoms with Crippen molar-refractivity contribution >= 4 is 5.97 Å². The molecule has 0 saturated carbocycles. The molecule has 0 spiro atoms. The van der Waals surface area contributed by atoms with Crippen LogP contribution in [0.4, 0.5) is 0 Å². The van der Waals surface area contributed by atoms with Crippen LogP contribution in [0.25, 0.3) is 0 Å². The standard InChI is InChI=1S/C20H36O3/c1-5-7-9-11-13-19(22)15-17(3)16-20(23-18(4)21)14-12-10-8-6-2/h5-6,17,19-20,22H,1-2,7-16H2,3-4H3. The van der Waals surface area contributed by atoms with Crippen molar-refractivity contribution < 1.29 is 14.6 Å². The molecule has 0 heterocycles. The van der Waals surface area contributed by atoms with Crippen molar-refractivity contribution in [3.05, 3.63) is 25.3 Å². The fourth-order valence-corrected chi connectivity index (χ4v) is 2.92. The Bertz CT molecular complexity index is 325. The van der Waals surface area contributed by atoms with E-state index in [1.165, 1.54) is 6.92 Å². The zero-order valence-corrected chi connectivity index (χ0v) is 15.1. The molecular formula is C20H36O3. The number of esters is 1. The third-order valence-corrected chi connectivity index (χ3v) is 4.05. The molecule has 0 saturated heterocycles. The van der Waals surface area contributed by atoms with E-state index in [1.54, 1.807) is 0 Å². The largest absolute Gasteiger partial charge is 0.463 e. The highest BCUT2D eigenvalue weighted by atomic mass is 16.5. The van der Waals surface area contributed by atoms with Crippen molar-refractivity contribution in [3.8, 4) is 0 Å². The number of carbonyl (C=O) groups is 1. The minimum absolute atomic E-state index is 0.0275. The van der Waals surface area contributed by atoms with Gasteiger partial charge in [0.25, 0.3) is 0 Å². The molecule has 0 aliphatic rings. The van der Waals surface area contributed by atoms with Crippen molar-refractivity contribution in [1.29, 1.82) is 0 Å². The molecular weight excluding hydrogens is 288 g/mol. The maximum Gasteiger partial charge on any atom is 0.302 e. The van der Waals surface area contributed by atoms with Crippen molar-refractivity contribution in [1.82, 2.24) is 0 Å². The molecule has 3 nitrogen and oxygen atoms in total. The molecule has 3 unspecified atom stereocenters. The van der Waals surface area contributed by atoms with Gasteiger partial charge in [-0.2, -0.15) is 0 Å². The monoisotopic (exact) mass is 324 g/mol. The third-order valence-electron chi connectivity index (χ3n) is 4.05. The van der Waals surface area contributed by atoms with Crippen LogP contribution in [0.3, 0.4) is 0 Å². The van der Waals surface area contributed by atoms with Gasteiger partial charge in [-0.15, -0.1) is 13.2 Å². The molecule has 0 aromatic rings. The first-order chi connectivity index (χ1) is 11.0. The summed E-state index contributed by atoms with van der Waals surface area (Å²) in [6.07, 6.45) is 13.2. The van der Waals surface area contributed by atoms with Crippen LogP contribution >= 0.6 is 0 Å². The van der Waals surface area contributed by atoms with Gasteiger partial charge in [-0.05, 0) is 63.7 Å². The fraction of sp³-hybridized carbons (Fsp3) is 0.750. The van der Waals surface area contributed by atoms with E-state index in [1.807, 2.05) is 12.2 Å². The second-order valence-corrected chi connectivity index (χ2v) is 6.61. The lowest BCUT2D eigenvalue weighted by atomic mass is 9.92. The molecule has 3 heteroatoms. The maximum atomic E-state index is 11.3. The van der Waals surface area contributed by atoms with Crippen molar-refractivity contribution in [2.24, 2.45) is 5.92 Å². The smallest absolute Gasteiger partial charge is 0.302 e. The predicted octanol–water partition coefficient (Wildman–Crippen LogP) is 5.19. The second kappa shape index (κ2) is 14.5. The third kappa shape index (κ3) is 14.2. The molecule has 0 fully saturated rings. The molecule has 134 valence electrons. The van der Waals surface area contributed by atoms with E-state index in [0.717, 1.165) is 64.2 Å². The lowest BCUT2D eigenvalue weighted by Gasteiger charge is -2.22. The number of hydrogen-bond donors (Lipinski definition) is 1. The number of aliphatic hydroxyl groups excluding tert-OH is 1. The number of rotatable bonds is 15. The Morgan fingerprint density at radius 1 is 1.04 bits per heavy atom. The van der Waals surface area contributed by atoms with Gasteiger partial charge in [0.1, 0.15) is 6.10 Å². The normalized spacial score (nSPS) is 14.7. The van der Waals surface area contributed by atoms with E-state index in [0.29, 0.717) is 5.92 Å². The van der Waals surface area contributed by atoms with E-state index in [-0.39, 0.29) is 18.2 Å². The van der Waals surface area contributed by atoms with Gasteiger partial charge in [-0.3, -0.25) is 4.79 Å². The number of allylic oxidation sites excluding steroid dienone is 2. The molecule has 0 amide bonds. The van der Waals surface area contributed by atoms with E-state index >= 15 is 0 Å². The zero-order chi connectivity index (χ0) is 17.5. The van der Waals surface area contributed by atoms with E-state index in [2.05, 4.69) is 20.1 Å². The molecule has 3 atom stereocenters. The van der Waals surface area contributed by atoms with Gasteiger partial charge in [0.05, 0.1) is 6.10 Å². The summed E-state index contributed by atoms with van der Waals surface area (Å²) < 4.78 is 5.44. The van der Waals surface area contributed by atoms with Crippen LogP contribution in [0, 0.1) is 5.92 Å². The van der Waals surface area contributed by atoms with Crippen LogP contribution in [0.15, 0.2) is 25.3 Å². The molecule has 0 aliphatic heterocycles. The average molecular weight is 325 g/mol. The summed E-state index contributed by atoms with van der Waals surface area (Å²) in [4.78, 5) is 11.3. The predicted molar refractivity (Wildman–Crippen MR) is 97.3 cm³/mol. The van der Waals surface area contributed by atoms with Crippen LogP contribution in [-0.4, -0.2) is 23.3 Å². The summed E-state index contributed by atoms with van der Waals surface area (Å²) in [5.41, 5.74) is 0. The quantitative estimate of drug-likeness (QED) is 0.256. The van der Waals surface area contributed by atoms with E-state index in [4.69, 9.17) is 4.74 Å². The molecule has 0 radical (unpaired) electrons. The van der Waals surface area contributed by atoms with Crippen molar-refractivity contribution in [2.75, 3.05) is 0 Å². The molecule has 0 aromatic heterocycles. The van der Waals surface area contributed by atoms with Crippen molar-refractivity contribution in [2.45, 2.75) is 90.3 Å². The highest BCUT2D eigenvalue weighted by Crippen LogP contribution is 2.21. The first-order valence-corrected chi connectivity index (χ1v) is 9.06. The Labute approximate surface area is 142 Å². The van der Waals surface area contributed by atoms with Crippen LogP contribution in [0.5, 0.6) is 0 Å².